The lowest BCUT2D eigenvalue weighted by molar-refractivity contribution is 0.577. The van der Waals surface area contributed by atoms with E-state index in [4.69, 9.17) is 16.6 Å². The van der Waals surface area contributed by atoms with Gasteiger partial charge in [0.1, 0.15) is 0 Å². The van der Waals surface area contributed by atoms with Gasteiger partial charge in [-0.05, 0) is 18.1 Å². The highest BCUT2D eigenvalue weighted by atomic mass is 16.3. The van der Waals surface area contributed by atoms with E-state index in [-0.39, 0.29) is 17.6 Å². The number of terminal acetylenes is 1. The van der Waals surface area contributed by atoms with Crippen LogP contribution in [0.15, 0.2) is 22.8 Å². The van der Waals surface area contributed by atoms with Crippen LogP contribution in [-0.4, -0.2) is 24.6 Å². The highest BCUT2D eigenvalue weighted by Crippen LogP contribution is 2.16. The predicted molar refractivity (Wildman–Crippen MR) is 58.6 cm³/mol. The number of hydrogen-bond acceptors (Lipinski definition) is 6. The molecule has 0 fully saturated rings. The number of fused-ring (bicyclic) bond motifs is 1. The van der Waals surface area contributed by atoms with Gasteiger partial charge < -0.3 is 10.2 Å². The summed E-state index contributed by atoms with van der Waals surface area (Å²) >= 11 is 0. The van der Waals surface area contributed by atoms with E-state index >= 15 is 0 Å². The molecule has 0 bridgehead atoms. The number of nitrogen functional groups attached to an aromatic ring is 1. The van der Waals surface area contributed by atoms with Gasteiger partial charge in [-0.1, -0.05) is 0 Å². The molecule has 82 valence electrons. The first kappa shape index (κ1) is 9.35. The van der Waals surface area contributed by atoms with Gasteiger partial charge in [0.25, 0.3) is 5.78 Å². The van der Waals surface area contributed by atoms with Crippen molar-refractivity contribution in [2.75, 3.05) is 5.73 Å². The third-order valence-corrected chi connectivity index (χ3v) is 2.10. The molecule has 0 saturated heterocycles. The number of hydrogen-bond donors (Lipinski definition) is 1. The molecule has 7 heteroatoms. The van der Waals surface area contributed by atoms with Gasteiger partial charge >= 0.3 is 0 Å². The maximum atomic E-state index is 5.68. The van der Waals surface area contributed by atoms with E-state index in [0.717, 1.165) is 0 Å². The Morgan fingerprint density at radius 1 is 1.35 bits per heavy atom. The Morgan fingerprint density at radius 3 is 2.94 bits per heavy atom. The second-order valence-electron chi connectivity index (χ2n) is 3.17. The number of rotatable bonds is 1. The summed E-state index contributed by atoms with van der Waals surface area (Å²) in [6.07, 6.45) is 6.74. The summed E-state index contributed by atoms with van der Waals surface area (Å²) < 4.78 is 6.48. The van der Waals surface area contributed by atoms with Crippen LogP contribution in [0.3, 0.4) is 0 Å². The smallest absolute Gasteiger partial charge is 0.258 e. The molecule has 3 aromatic rings. The zero-order valence-corrected chi connectivity index (χ0v) is 8.53. The highest BCUT2D eigenvalue weighted by Gasteiger charge is 2.12. The average molecular weight is 226 g/mol. The first-order chi connectivity index (χ1) is 8.28. The molecule has 17 heavy (non-hydrogen) atoms. The number of nitrogens with zero attached hydrogens (tertiary/aromatic N) is 5. The topological polar surface area (TPSA) is 95.1 Å². The molecule has 0 atom stereocenters. The van der Waals surface area contributed by atoms with Crippen molar-refractivity contribution < 1.29 is 4.42 Å². The van der Waals surface area contributed by atoms with E-state index in [9.17, 15) is 0 Å². The van der Waals surface area contributed by atoms with Crippen molar-refractivity contribution in [2.24, 2.45) is 0 Å². The third kappa shape index (κ3) is 1.39. The molecule has 0 spiro atoms. The minimum Gasteiger partial charge on any atom is -0.461 e. The van der Waals surface area contributed by atoms with Crippen LogP contribution in [0, 0.1) is 12.3 Å². The molecule has 0 unspecified atom stereocenters. The van der Waals surface area contributed by atoms with E-state index in [0.29, 0.717) is 11.6 Å². The lowest BCUT2D eigenvalue weighted by Crippen LogP contribution is -2.05. The highest BCUT2D eigenvalue weighted by molar-refractivity contribution is 5.51. The molecular formula is C10H6N6O. The number of aromatic nitrogens is 5. The summed E-state index contributed by atoms with van der Waals surface area (Å²) in [5.41, 5.74) is 5.68. The summed E-state index contributed by atoms with van der Waals surface area (Å²) in [6, 6.07) is 3.48. The van der Waals surface area contributed by atoms with Gasteiger partial charge in [0.15, 0.2) is 5.76 Å². The molecule has 0 radical (unpaired) electrons. The fourth-order valence-electron chi connectivity index (χ4n) is 1.38. The monoisotopic (exact) mass is 226 g/mol. The Morgan fingerprint density at radius 2 is 2.24 bits per heavy atom. The first-order valence-corrected chi connectivity index (χ1v) is 4.68. The normalized spacial score (nSPS) is 10.5. The Labute approximate surface area is 95.3 Å². The van der Waals surface area contributed by atoms with Crippen LogP contribution in [-0.2, 0) is 0 Å². The van der Waals surface area contributed by atoms with Crippen LogP contribution >= 0.6 is 0 Å². The summed E-state index contributed by atoms with van der Waals surface area (Å²) in [5.74, 6) is 3.80. The Balaban J connectivity index is 2.26. The minimum absolute atomic E-state index is 0.133. The van der Waals surface area contributed by atoms with Crippen LogP contribution in [0.1, 0.15) is 5.82 Å². The molecule has 0 aliphatic carbocycles. The van der Waals surface area contributed by atoms with Gasteiger partial charge in [0, 0.05) is 0 Å². The van der Waals surface area contributed by atoms with Gasteiger partial charge in [0.05, 0.1) is 6.26 Å². The average Bonchev–Trinajstić information content (AvgIpc) is 2.96. The fourth-order valence-corrected chi connectivity index (χ4v) is 1.38. The van der Waals surface area contributed by atoms with Gasteiger partial charge in [-0.3, -0.25) is 0 Å². The van der Waals surface area contributed by atoms with Gasteiger partial charge in [0.2, 0.25) is 17.6 Å². The molecule has 2 N–H and O–H groups in total. The molecule has 3 heterocycles. The van der Waals surface area contributed by atoms with Crippen molar-refractivity contribution in [3.8, 4) is 23.9 Å². The lowest BCUT2D eigenvalue weighted by Gasteiger charge is -1.95. The van der Waals surface area contributed by atoms with Crippen molar-refractivity contribution in [3.05, 3.63) is 24.2 Å². The van der Waals surface area contributed by atoms with Gasteiger partial charge in [-0.25, -0.2) is 0 Å². The molecule has 0 aliphatic rings. The molecule has 0 saturated carbocycles. The Hall–Kier alpha value is -2.88. The standard InChI is InChI=1S/C10H6N6O/c1-2-7-12-9(11)16-10(13-7)14-8(15-16)6-4-3-5-17-6/h1,3-5H,(H2,11,12,13,14,15). The van der Waals surface area contributed by atoms with Gasteiger partial charge in [-0.2, -0.15) is 19.5 Å². The Kier molecular flexibility index (Phi) is 1.82. The second-order valence-corrected chi connectivity index (χ2v) is 3.17. The fraction of sp³-hybridized carbons (Fsp3) is 0. The zero-order chi connectivity index (χ0) is 11.8. The first-order valence-electron chi connectivity index (χ1n) is 4.68. The van der Waals surface area contributed by atoms with Crippen molar-refractivity contribution in [3.63, 3.8) is 0 Å². The van der Waals surface area contributed by atoms with Crippen molar-refractivity contribution in [1.29, 1.82) is 0 Å². The molecule has 0 amide bonds. The van der Waals surface area contributed by atoms with Gasteiger partial charge in [-0.15, -0.1) is 11.5 Å². The summed E-state index contributed by atoms with van der Waals surface area (Å²) in [5, 5.41) is 4.12. The van der Waals surface area contributed by atoms with Crippen molar-refractivity contribution >= 4 is 11.7 Å². The van der Waals surface area contributed by atoms with E-state index in [1.54, 1.807) is 12.1 Å². The lowest BCUT2D eigenvalue weighted by atomic mass is 10.4. The van der Waals surface area contributed by atoms with Crippen LogP contribution < -0.4 is 5.73 Å². The molecule has 7 nitrogen and oxygen atoms in total. The van der Waals surface area contributed by atoms with E-state index in [1.807, 2.05) is 0 Å². The quantitative estimate of drug-likeness (QED) is 0.601. The van der Waals surface area contributed by atoms with Crippen molar-refractivity contribution in [2.45, 2.75) is 0 Å². The van der Waals surface area contributed by atoms with E-state index in [2.05, 4.69) is 26.0 Å². The Bertz CT molecular complexity index is 721. The molecule has 3 aromatic heterocycles. The van der Waals surface area contributed by atoms with Crippen LogP contribution in [0.2, 0.25) is 0 Å². The molecule has 0 aliphatic heterocycles. The maximum Gasteiger partial charge on any atom is 0.258 e. The SMILES string of the molecule is C#Cc1nc(N)n2nc(-c3ccco3)nc2n1. The molecule has 0 aromatic carbocycles. The molecule has 3 rings (SSSR count). The molecular weight excluding hydrogens is 220 g/mol. The summed E-state index contributed by atoms with van der Waals surface area (Å²) in [6.45, 7) is 0. The van der Waals surface area contributed by atoms with Crippen LogP contribution in [0.4, 0.5) is 5.95 Å². The number of anilines is 1. The van der Waals surface area contributed by atoms with Crippen LogP contribution in [0.25, 0.3) is 17.4 Å². The minimum atomic E-state index is 0.133. The van der Waals surface area contributed by atoms with E-state index < -0.39 is 0 Å². The maximum absolute atomic E-state index is 5.68. The zero-order valence-electron chi connectivity index (χ0n) is 8.53. The third-order valence-electron chi connectivity index (χ3n) is 2.10. The second kappa shape index (κ2) is 3.31. The van der Waals surface area contributed by atoms with E-state index in [1.165, 1.54) is 10.8 Å². The summed E-state index contributed by atoms with van der Waals surface area (Å²) in [4.78, 5) is 12.0. The predicted octanol–water partition coefficient (Wildman–Crippen LogP) is 0.343. The largest absolute Gasteiger partial charge is 0.461 e. The summed E-state index contributed by atoms with van der Waals surface area (Å²) in [7, 11) is 0. The number of furan rings is 1. The van der Waals surface area contributed by atoms with Crippen LogP contribution in [0.5, 0.6) is 0 Å². The van der Waals surface area contributed by atoms with Crippen molar-refractivity contribution in [1.82, 2.24) is 24.6 Å². The number of nitrogens with two attached hydrogens (primary N) is 1.